The van der Waals surface area contributed by atoms with Crippen LogP contribution in [0.2, 0.25) is 0 Å². The third-order valence-corrected chi connectivity index (χ3v) is 6.17. The standard InChI is InChI=1S/C28H31N5O4/c1-4-10-32(11-5-2)27(35)21-12-20-7-6-18(13-23(20)31-25(29)15-21)19-8-9-22-24(14-19)30-17-33(28(22)36)26(34)16-37-3/h6-9,12-14,17H,4-5,10-11,15-16H2,1-3H3,(H2,29,31). The maximum atomic E-state index is 13.2. The van der Waals surface area contributed by atoms with Crippen LogP contribution >= 0.6 is 0 Å². The fourth-order valence-corrected chi connectivity index (χ4v) is 4.44. The summed E-state index contributed by atoms with van der Waals surface area (Å²) in [5.41, 5.74) is 10.1. The maximum absolute atomic E-state index is 13.2. The number of nitrogens with zero attached hydrogens (tertiary/aromatic N) is 4. The summed E-state index contributed by atoms with van der Waals surface area (Å²) in [7, 11) is 1.39. The fraction of sp³-hybridized carbons (Fsp3) is 0.321. The average Bonchev–Trinajstić information content (AvgIpc) is 3.05. The molecule has 1 amide bonds. The SMILES string of the molecule is CCCN(CCC)C(=O)C1=Cc2ccc(-c3ccc4c(=O)n(C(=O)COC)cnc4c3)cc2N=C(N)C1. The Balaban J connectivity index is 1.69. The van der Waals surface area contributed by atoms with E-state index in [1.807, 2.05) is 29.2 Å². The molecule has 2 aromatic carbocycles. The van der Waals surface area contributed by atoms with Gasteiger partial charge in [0, 0.05) is 37.8 Å². The Kier molecular flexibility index (Phi) is 7.93. The summed E-state index contributed by atoms with van der Waals surface area (Å²) < 4.78 is 5.79. The van der Waals surface area contributed by atoms with E-state index in [9.17, 15) is 14.4 Å². The summed E-state index contributed by atoms with van der Waals surface area (Å²) in [5, 5.41) is 0.336. The number of carbonyl (C=O) groups is 2. The van der Waals surface area contributed by atoms with Gasteiger partial charge in [-0.2, -0.15) is 0 Å². The third kappa shape index (κ3) is 5.51. The Morgan fingerprint density at radius 2 is 1.78 bits per heavy atom. The number of benzene rings is 2. The van der Waals surface area contributed by atoms with Crippen molar-refractivity contribution in [3.05, 3.63) is 64.2 Å². The van der Waals surface area contributed by atoms with Crippen molar-refractivity contribution in [2.75, 3.05) is 26.8 Å². The minimum absolute atomic E-state index is 0.00554. The molecule has 2 N–H and O–H groups in total. The topological polar surface area (TPSA) is 120 Å². The first-order chi connectivity index (χ1) is 17.9. The van der Waals surface area contributed by atoms with E-state index in [2.05, 4.69) is 23.8 Å². The second kappa shape index (κ2) is 11.3. The number of rotatable bonds is 8. The number of methoxy groups -OCH3 is 1. The summed E-state index contributed by atoms with van der Waals surface area (Å²) in [6, 6.07) is 11.0. The molecule has 2 heterocycles. The van der Waals surface area contributed by atoms with Gasteiger partial charge in [0.05, 0.1) is 16.6 Å². The third-order valence-electron chi connectivity index (χ3n) is 6.17. The molecule has 9 heteroatoms. The molecule has 1 aromatic heterocycles. The van der Waals surface area contributed by atoms with Crippen LogP contribution in [0.5, 0.6) is 0 Å². The Morgan fingerprint density at radius 3 is 2.49 bits per heavy atom. The number of amides is 1. The van der Waals surface area contributed by atoms with Crippen molar-refractivity contribution < 1.29 is 14.3 Å². The molecular formula is C28H31N5O4. The zero-order chi connectivity index (χ0) is 26.5. The van der Waals surface area contributed by atoms with Crippen molar-refractivity contribution in [1.29, 1.82) is 0 Å². The lowest BCUT2D eigenvalue weighted by molar-refractivity contribution is -0.127. The van der Waals surface area contributed by atoms with E-state index in [1.54, 1.807) is 18.2 Å². The highest BCUT2D eigenvalue weighted by Crippen LogP contribution is 2.32. The molecule has 0 radical (unpaired) electrons. The van der Waals surface area contributed by atoms with E-state index in [-0.39, 0.29) is 12.5 Å². The quantitative estimate of drug-likeness (QED) is 0.502. The van der Waals surface area contributed by atoms with Crippen molar-refractivity contribution in [2.24, 2.45) is 10.7 Å². The van der Waals surface area contributed by atoms with E-state index in [4.69, 9.17) is 10.5 Å². The largest absolute Gasteiger partial charge is 0.387 e. The maximum Gasteiger partial charge on any atom is 0.268 e. The van der Waals surface area contributed by atoms with Crippen LogP contribution in [0.3, 0.4) is 0 Å². The van der Waals surface area contributed by atoms with Crippen molar-refractivity contribution in [2.45, 2.75) is 33.1 Å². The van der Waals surface area contributed by atoms with Gasteiger partial charge in [-0.1, -0.05) is 32.0 Å². The molecule has 0 saturated carbocycles. The highest BCUT2D eigenvalue weighted by atomic mass is 16.5. The van der Waals surface area contributed by atoms with E-state index in [0.29, 0.717) is 47.5 Å². The number of amidine groups is 1. The number of hydrogen-bond donors (Lipinski definition) is 1. The Morgan fingerprint density at radius 1 is 1.08 bits per heavy atom. The van der Waals surface area contributed by atoms with Gasteiger partial charge in [0.1, 0.15) is 18.8 Å². The van der Waals surface area contributed by atoms with Crippen LogP contribution in [0, 0.1) is 0 Å². The van der Waals surface area contributed by atoms with Crippen LogP contribution in [0.1, 0.15) is 43.5 Å². The second-order valence-corrected chi connectivity index (χ2v) is 8.99. The first kappa shape index (κ1) is 26.0. The van der Waals surface area contributed by atoms with Gasteiger partial charge in [-0.3, -0.25) is 14.4 Å². The van der Waals surface area contributed by atoms with Crippen molar-refractivity contribution in [3.63, 3.8) is 0 Å². The van der Waals surface area contributed by atoms with Crippen LogP contribution in [0.25, 0.3) is 28.1 Å². The van der Waals surface area contributed by atoms with Crippen LogP contribution in [-0.4, -0.2) is 58.9 Å². The van der Waals surface area contributed by atoms with Crippen molar-refractivity contribution in [3.8, 4) is 11.1 Å². The number of fused-ring (bicyclic) bond motifs is 2. The van der Waals surface area contributed by atoms with Crippen molar-refractivity contribution in [1.82, 2.24) is 14.5 Å². The molecule has 9 nitrogen and oxygen atoms in total. The monoisotopic (exact) mass is 501 g/mol. The highest BCUT2D eigenvalue weighted by molar-refractivity contribution is 6.05. The van der Waals surface area contributed by atoms with Gasteiger partial charge in [-0.15, -0.1) is 0 Å². The smallest absolute Gasteiger partial charge is 0.268 e. The minimum atomic E-state index is -0.481. The lowest BCUT2D eigenvalue weighted by Crippen LogP contribution is -2.34. The number of aliphatic imine (C=N–C) groups is 1. The van der Waals surface area contributed by atoms with Crippen LogP contribution in [0.15, 0.2) is 58.1 Å². The van der Waals surface area contributed by atoms with Gasteiger partial charge < -0.3 is 15.4 Å². The summed E-state index contributed by atoms with van der Waals surface area (Å²) in [5.74, 6) is -0.107. The Bertz CT molecular complexity index is 1470. The van der Waals surface area contributed by atoms with E-state index in [1.165, 1.54) is 13.4 Å². The Labute approximate surface area is 215 Å². The van der Waals surface area contributed by atoms with Gasteiger partial charge in [0.25, 0.3) is 11.5 Å². The van der Waals surface area contributed by atoms with Crippen LogP contribution in [0.4, 0.5) is 5.69 Å². The predicted octanol–water partition coefficient (Wildman–Crippen LogP) is 3.77. The minimum Gasteiger partial charge on any atom is -0.387 e. The van der Waals surface area contributed by atoms with Gasteiger partial charge in [0.15, 0.2) is 0 Å². The molecule has 4 rings (SSSR count). The lowest BCUT2D eigenvalue weighted by atomic mass is 10.00. The number of aromatic nitrogens is 2. The average molecular weight is 502 g/mol. The van der Waals surface area contributed by atoms with Crippen LogP contribution in [-0.2, 0) is 9.53 Å². The van der Waals surface area contributed by atoms with Gasteiger partial charge in [0.2, 0.25) is 5.91 Å². The molecular weight excluding hydrogens is 470 g/mol. The summed E-state index contributed by atoms with van der Waals surface area (Å²) in [6.07, 6.45) is 5.17. The molecule has 0 bridgehead atoms. The van der Waals surface area contributed by atoms with Gasteiger partial charge >= 0.3 is 0 Å². The fourth-order valence-electron chi connectivity index (χ4n) is 4.44. The van der Waals surface area contributed by atoms with Gasteiger partial charge in [-0.25, -0.2) is 14.5 Å². The molecule has 0 unspecified atom stereocenters. The number of ether oxygens (including phenoxy) is 1. The number of hydrogen-bond acceptors (Lipinski definition) is 7. The van der Waals surface area contributed by atoms with E-state index in [0.717, 1.165) is 34.1 Å². The molecule has 0 spiro atoms. The summed E-state index contributed by atoms with van der Waals surface area (Å²) in [4.78, 5) is 48.8. The first-order valence-electron chi connectivity index (χ1n) is 12.4. The zero-order valence-electron chi connectivity index (χ0n) is 21.4. The molecule has 3 aromatic rings. The molecule has 0 atom stereocenters. The van der Waals surface area contributed by atoms with E-state index >= 15 is 0 Å². The first-order valence-corrected chi connectivity index (χ1v) is 12.4. The summed E-state index contributed by atoms with van der Waals surface area (Å²) in [6.45, 7) is 5.32. The van der Waals surface area contributed by atoms with E-state index < -0.39 is 11.5 Å². The lowest BCUT2D eigenvalue weighted by Gasteiger charge is -2.22. The second-order valence-electron chi connectivity index (χ2n) is 8.99. The molecule has 0 fully saturated rings. The number of carbonyl (C=O) groups excluding carboxylic acids is 2. The van der Waals surface area contributed by atoms with Gasteiger partial charge in [-0.05, 0) is 48.2 Å². The normalized spacial score (nSPS) is 12.9. The summed E-state index contributed by atoms with van der Waals surface area (Å²) >= 11 is 0. The molecule has 0 saturated heterocycles. The molecule has 1 aliphatic rings. The number of nitrogens with two attached hydrogens (primary N) is 1. The molecule has 37 heavy (non-hydrogen) atoms. The predicted molar refractivity (Wildman–Crippen MR) is 145 cm³/mol. The Hall–Kier alpha value is -4.11. The molecule has 192 valence electrons. The zero-order valence-corrected chi connectivity index (χ0v) is 21.4. The molecule has 1 aliphatic heterocycles. The molecule has 0 aliphatic carbocycles. The van der Waals surface area contributed by atoms with Crippen molar-refractivity contribution >= 4 is 40.3 Å². The van der Waals surface area contributed by atoms with Crippen LogP contribution < -0.4 is 11.3 Å². The highest BCUT2D eigenvalue weighted by Gasteiger charge is 2.21.